The van der Waals surface area contributed by atoms with Gasteiger partial charge in [-0.2, -0.15) is 17.5 Å². The SMILES string of the molecule is CC(C)(C)C(NC(=O)c1cccc(S(=O)(=O)N2CCOCC2)c1)c1cccc(C(F)(F)F)c1. The Labute approximate surface area is 191 Å². The Morgan fingerprint density at radius 3 is 2.27 bits per heavy atom. The van der Waals surface area contributed by atoms with E-state index in [-0.39, 0.29) is 23.5 Å². The molecule has 0 aliphatic carbocycles. The molecule has 1 saturated heterocycles. The summed E-state index contributed by atoms with van der Waals surface area (Å²) in [7, 11) is -3.80. The van der Waals surface area contributed by atoms with E-state index in [4.69, 9.17) is 4.74 Å². The summed E-state index contributed by atoms with van der Waals surface area (Å²) in [5, 5.41) is 2.79. The first-order chi connectivity index (χ1) is 15.3. The fourth-order valence-electron chi connectivity index (χ4n) is 3.64. The van der Waals surface area contributed by atoms with Crippen molar-refractivity contribution in [3.05, 3.63) is 65.2 Å². The first kappa shape index (κ1) is 25.2. The van der Waals surface area contributed by atoms with Crippen molar-refractivity contribution < 1.29 is 31.1 Å². The van der Waals surface area contributed by atoms with Crippen LogP contribution in [0.1, 0.15) is 48.3 Å². The van der Waals surface area contributed by atoms with Crippen LogP contribution in [-0.2, 0) is 20.9 Å². The average molecular weight is 485 g/mol. The Kier molecular flexibility index (Phi) is 7.21. The van der Waals surface area contributed by atoms with E-state index in [1.165, 1.54) is 40.7 Å². The smallest absolute Gasteiger partial charge is 0.379 e. The number of hydrogen-bond donors (Lipinski definition) is 1. The summed E-state index contributed by atoms with van der Waals surface area (Å²) in [5.41, 5.74) is -1.01. The van der Waals surface area contributed by atoms with Gasteiger partial charge < -0.3 is 10.1 Å². The Morgan fingerprint density at radius 2 is 1.67 bits per heavy atom. The molecule has 10 heteroatoms. The van der Waals surface area contributed by atoms with Crippen LogP contribution < -0.4 is 5.32 Å². The van der Waals surface area contributed by atoms with E-state index in [1.807, 2.05) is 0 Å². The molecule has 0 bridgehead atoms. The van der Waals surface area contributed by atoms with Crippen LogP contribution in [0.2, 0.25) is 0 Å². The van der Waals surface area contributed by atoms with Crippen molar-refractivity contribution in [1.29, 1.82) is 0 Å². The summed E-state index contributed by atoms with van der Waals surface area (Å²) in [6, 6.07) is 9.73. The molecule has 1 atom stereocenters. The maximum atomic E-state index is 13.2. The van der Waals surface area contributed by atoms with Crippen molar-refractivity contribution in [2.24, 2.45) is 5.41 Å². The van der Waals surface area contributed by atoms with Crippen LogP contribution in [-0.4, -0.2) is 44.9 Å². The van der Waals surface area contributed by atoms with Gasteiger partial charge in [0.2, 0.25) is 10.0 Å². The predicted molar refractivity (Wildman–Crippen MR) is 117 cm³/mol. The highest BCUT2D eigenvalue weighted by molar-refractivity contribution is 7.89. The number of sulfonamides is 1. The fourth-order valence-corrected chi connectivity index (χ4v) is 5.10. The summed E-state index contributed by atoms with van der Waals surface area (Å²) < 4.78 is 72.0. The van der Waals surface area contributed by atoms with E-state index in [2.05, 4.69) is 5.32 Å². The second kappa shape index (κ2) is 9.44. The van der Waals surface area contributed by atoms with Gasteiger partial charge in [0, 0.05) is 18.7 Å². The topological polar surface area (TPSA) is 75.7 Å². The van der Waals surface area contributed by atoms with Crippen LogP contribution in [0.15, 0.2) is 53.4 Å². The van der Waals surface area contributed by atoms with Crippen LogP contribution in [0.5, 0.6) is 0 Å². The van der Waals surface area contributed by atoms with Crippen LogP contribution in [0.4, 0.5) is 13.2 Å². The van der Waals surface area contributed by atoms with Crippen LogP contribution >= 0.6 is 0 Å². The second-order valence-electron chi connectivity index (χ2n) is 8.94. The minimum atomic E-state index is -4.51. The summed E-state index contributed by atoms with van der Waals surface area (Å²) in [6.45, 7) is 6.45. The van der Waals surface area contributed by atoms with E-state index in [9.17, 15) is 26.4 Å². The van der Waals surface area contributed by atoms with Crippen molar-refractivity contribution in [2.75, 3.05) is 26.3 Å². The quantitative estimate of drug-likeness (QED) is 0.689. The number of nitrogens with one attached hydrogen (secondary N) is 1. The number of alkyl halides is 3. The maximum Gasteiger partial charge on any atom is 0.416 e. The number of amides is 1. The van der Waals surface area contributed by atoms with E-state index in [0.29, 0.717) is 18.8 Å². The van der Waals surface area contributed by atoms with E-state index in [0.717, 1.165) is 12.1 Å². The van der Waals surface area contributed by atoms with Crippen molar-refractivity contribution in [3.63, 3.8) is 0 Å². The molecule has 6 nitrogen and oxygen atoms in total. The standard InChI is InChI=1S/C23H27F3N2O4S/c1-22(2,3)20(16-6-4-8-18(14-16)23(24,25)26)27-21(29)17-7-5-9-19(15-17)33(30,31)28-10-12-32-13-11-28/h4-9,14-15,20H,10-13H2,1-3H3,(H,27,29). The number of ether oxygens (including phenoxy) is 1. The minimum Gasteiger partial charge on any atom is -0.379 e. The molecule has 33 heavy (non-hydrogen) atoms. The molecule has 1 fully saturated rings. The van der Waals surface area contributed by atoms with Gasteiger partial charge in [-0.05, 0) is 41.3 Å². The van der Waals surface area contributed by atoms with Gasteiger partial charge in [0.1, 0.15) is 0 Å². The van der Waals surface area contributed by atoms with Gasteiger partial charge in [0.15, 0.2) is 0 Å². The van der Waals surface area contributed by atoms with Crippen molar-refractivity contribution in [2.45, 2.75) is 37.9 Å². The number of benzene rings is 2. The van der Waals surface area contributed by atoms with Crippen molar-refractivity contribution in [1.82, 2.24) is 9.62 Å². The molecule has 180 valence electrons. The monoisotopic (exact) mass is 484 g/mol. The third kappa shape index (κ3) is 5.93. The summed E-state index contributed by atoms with van der Waals surface area (Å²) >= 11 is 0. The number of hydrogen-bond acceptors (Lipinski definition) is 4. The van der Waals surface area contributed by atoms with Gasteiger partial charge in [-0.15, -0.1) is 0 Å². The van der Waals surface area contributed by atoms with Gasteiger partial charge in [0.05, 0.1) is 29.7 Å². The molecule has 1 unspecified atom stereocenters. The highest BCUT2D eigenvalue weighted by Gasteiger charge is 2.34. The Hall–Kier alpha value is -2.43. The zero-order valence-corrected chi connectivity index (χ0v) is 19.5. The molecule has 1 amide bonds. The molecule has 2 aromatic carbocycles. The lowest BCUT2D eigenvalue weighted by Gasteiger charge is -2.32. The average Bonchev–Trinajstić information content (AvgIpc) is 2.76. The third-order valence-corrected chi connectivity index (χ3v) is 7.29. The molecular formula is C23H27F3N2O4S. The van der Waals surface area contributed by atoms with Crippen molar-refractivity contribution >= 4 is 15.9 Å². The molecule has 0 radical (unpaired) electrons. The molecule has 1 aliphatic rings. The molecule has 2 aromatic rings. The predicted octanol–water partition coefficient (Wildman–Crippen LogP) is 4.24. The molecule has 0 saturated carbocycles. The number of halogens is 3. The van der Waals surface area contributed by atoms with Gasteiger partial charge in [0.25, 0.3) is 5.91 Å². The molecule has 0 aromatic heterocycles. The van der Waals surface area contributed by atoms with E-state index in [1.54, 1.807) is 20.8 Å². The lowest BCUT2D eigenvalue weighted by Crippen LogP contribution is -2.40. The van der Waals surface area contributed by atoms with Crippen molar-refractivity contribution in [3.8, 4) is 0 Å². The number of carbonyl (C=O) groups excluding carboxylic acids is 1. The van der Waals surface area contributed by atoms with E-state index < -0.39 is 39.1 Å². The number of nitrogens with zero attached hydrogens (tertiary/aromatic N) is 1. The number of rotatable bonds is 5. The highest BCUT2D eigenvalue weighted by atomic mass is 32.2. The minimum absolute atomic E-state index is 0.0246. The molecule has 0 spiro atoms. The normalized spacial score (nSPS) is 16.9. The summed E-state index contributed by atoms with van der Waals surface area (Å²) in [6.07, 6.45) is -4.51. The Morgan fingerprint density at radius 1 is 1.03 bits per heavy atom. The van der Waals surface area contributed by atoms with Crippen LogP contribution in [0, 0.1) is 5.41 Å². The summed E-state index contributed by atoms with van der Waals surface area (Å²) in [5.74, 6) is -0.577. The zero-order valence-electron chi connectivity index (χ0n) is 18.6. The molecular weight excluding hydrogens is 457 g/mol. The number of carbonyl (C=O) groups is 1. The number of morpholine rings is 1. The lowest BCUT2D eigenvalue weighted by molar-refractivity contribution is -0.137. The zero-order chi connectivity index (χ0) is 24.4. The van der Waals surface area contributed by atoms with Crippen LogP contribution in [0.3, 0.4) is 0 Å². The molecule has 3 rings (SSSR count). The second-order valence-corrected chi connectivity index (χ2v) is 10.9. The third-order valence-electron chi connectivity index (χ3n) is 5.39. The largest absolute Gasteiger partial charge is 0.416 e. The molecule has 1 heterocycles. The maximum absolute atomic E-state index is 13.2. The van der Waals surface area contributed by atoms with Gasteiger partial charge in [-0.1, -0.05) is 39.0 Å². The molecule has 1 aliphatic heterocycles. The molecule has 1 N–H and O–H groups in total. The Balaban J connectivity index is 1.89. The fraction of sp³-hybridized carbons (Fsp3) is 0.435. The lowest BCUT2D eigenvalue weighted by atomic mass is 9.81. The van der Waals surface area contributed by atoms with E-state index >= 15 is 0 Å². The summed E-state index contributed by atoms with van der Waals surface area (Å²) in [4.78, 5) is 13.0. The first-order valence-corrected chi connectivity index (χ1v) is 11.9. The highest BCUT2D eigenvalue weighted by Crippen LogP contribution is 2.36. The first-order valence-electron chi connectivity index (χ1n) is 10.5. The van der Waals surface area contributed by atoms with Gasteiger partial charge in [-0.3, -0.25) is 4.79 Å². The van der Waals surface area contributed by atoms with Gasteiger partial charge >= 0.3 is 6.18 Å². The van der Waals surface area contributed by atoms with Gasteiger partial charge in [-0.25, -0.2) is 8.42 Å². The Bertz CT molecular complexity index is 1110. The van der Waals surface area contributed by atoms with Crippen LogP contribution in [0.25, 0.3) is 0 Å².